The Morgan fingerprint density at radius 1 is 1.35 bits per heavy atom. The van der Waals surface area contributed by atoms with Crippen molar-refractivity contribution in [3.63, 3.8) is 0 Å². The Balaban J connectivity index is 2.76. The fourth-order valence-corrected chi connectivity index (χ4v) is 1.88. The SMILES string of the molecule is CC#CCC(C)c1ccc(OCCC)cc1C. The minimum absolute atomic E-state index is 0.489. The molecule has 0 fully saturated rings. The number of hydrogen-bond acceptors (Lipinski definition) is 1. The van der Waals surface area contributed by atoms with Crippen LogP contribution in [0.3, 0.4) is 0 Å². The second-order valence-electron chi connectivity index (χ2n) is 4.40. The van der Waals surface area contributed by atoms with Crippen LogP contribution in [0.2, 0.25) is 0 Å². The lowest BCUT2D eigenvalue weighted by Gasteiger charge is -2.13. The quantitative estimate of drug-likeness (QED) is 0.685. The van der Waals surface area contributed by atoms with Crippen LogP contribution in [0.25, 0.3) is 0 Å². The Labute approximate surface area is 105 Å². The van der Waals surface area contributed by atoms with E-state index in [0.29, 0.717) is 5.92 Å². The Hall–Kier alpha value is -1.42. The number of aryl methyl sites for hydroxylation is 1. The first-order chi connectivity index (χ1) is 8.19. The van der Waals surface area contributed by atoms with Gasteiger partial charge in [-0.05, 0) is 49.4 Å². The molecule has 0 aliphatic carbocycles. The van der Waals surface area contributed by atoms with Crippen LogP contribution >= 0.6 is 0 Å². The van der Waals surface area contributed by atoms with Crippen LogP contribution in [-0.2, 0) is 0 Å². The molecular formula is C16H22O. The van der Waals surface area contributed by atoms with E-state index in [9.17, 15) is 0 Å². The monoisotopic (exact) mass is 230 g/mol. The maximum absolute atomic E-state index is 5.62. The van der Waals surface area contributed by atoms with Gasteiger partial charge >= 0.3 is 0 Å². The van der Waals surface area contributed by atoms with E-state index in [0.717, 1.165) is 25.2 Å². The van der Waals surface area contributed by atoms with Crippen LogP contribution in [0.4, 0.5) is 0 Å². The average molecular weight is 230 g/mol. The van der Waals surface area contributed by atoms with Gasteiger partial charge in [-0.2, -0.15) is 0 Å². The molecule has 0 aliphatic heterocycles. The Morgan fingerprint density at radius 2 is 2.12 bits per heavy atom. The third kappa shape index (κ3) is 4.15. The summed E-state index contributed by atoms with van der Waals surface area (Å²) in [4.78, 5) is 0. The zero-order valence-corrected chi connectivity index (χ0v) is 11.3. The molecule has 1 aromatic rings. The molecule has 0 N–H and O–H groups in total. The summed E-state index contributed by atoms with van der Waals surface area (Å²) in [6, 6.07) is 6.36. The van der Waals surface area contributed by atoms with Crippen molar-refractivity contribution in [3.05, 3.63) is 29.3 Å². The van der Waals surface area contributed by atoms with Crippen LogP contribution in [0.1, 0.15) is 50.7 Å². The summed E-state index contributed by atoms with van der Waals surface area (Å²) >= 11 is 0. The van der Waals surface area contributed by atoms with Crippen molar-refractivity contribution in [1.29, 1.82) is 0 Å². The lowest BCUT2D eigenvalue weighted by Crippen LogP contribution is -1.99. The standard InChI is InChI=1S/C16H22O/c1-5-7-8-13(3)16-10-9-15(12-14(16)4)17-11-6-2/h9-10,12-13H,6,8,11H2,1-4H3. The molecule has 1 heteroatoms. The molecule has 1 rings (SSSR count). The van der Waals surface area contributed by atoms with Gasteiger partial charge in [0, 0.05) is 6.42 Å². The fourth-order valence-electron chi connectivity index (χ4n) is 1.88. The molecule has 0 spiro atoms. The van der Waals surface area contributed by atoms with Gasteiger partial charge in [-0.15, -0.1) is 11.8 Å². The molecule has 0 aromatic heterocycles. The molecule has 0 saturated heterocycles. The molecule has 0 radical (unpaired) electrons. The zero-order chi connectivity index (χ0) is 12.7. The van der Waals surface area contributed by atoms with Crippen LogP contribution in [0.5, 0.6) is 5.75 Å². The summed E-state index contributed by atoms with van der Waals surface area (Å²) in [7, 11) is 0. The van der Waals surface area contributed by atoms with Gasteiger partial charge in [0.15, 0.2) is 0 Å². The Bertz CT molecular complexity index is 409. The first-order valence-corrected chi connectivity index (χ1v) is 6.32. The van der Waals surface area contributed by atoms with E-state index < -0.39 is 0 Å². The summed E-state index contributed by atoms with van der Waals surface area (Å²) in [6.45, 7) is 9.16. The predicted octanol–water partition coefficient (Wildman–Crippen LogP) is 4.30. The van der Waals surface area contributed by atoms with Gasteiger partial charge in [0.25, 0.3) is 0 Å². The van der Waals surface area contributed by atoms with Crippen LogP contribution < -0.4 is 4.74 Å². The molecule has 1 nitrogen and oxygen atoms in total. The Kier molecular flexibility index (Phi) is 5.63. The van der Waals surface area contributed by atoms with Gasteiger partial charge < -0.3 is 4.74 Å². The van der Waals surface area contributed by atoms with E-state index in [1.807, 2.05) is 6.92 Å². The van der Waals surface area contributed by atoms with E-state index in [-0.39, 0.29) is 0 Å². The first-order valence-electron chi connectivity index (χ1n) is 6.32. The normalized spacial score (nSPS) is 11.5. The first kappa shape index (κ1) is 13.6. The Morgan fingerprint density at radius 3 is 2.71 bits per heavy atom. The van der Waals surface area contributed by atoms with Crippen molar-refractivity contribution in [2.45, 2.75) is 46.5 Å². The topological polar surface area (TPSA) is 9.23 Å². The molecule has 92 valence electrons. The van der Waals surface area contributed by atoms with E-state index in [4.69, 9.17) is 4.74 Å². The third-order valence-corrected chi connectivity index (χ3v) is 2.83. The largest absolute Gasteiger partial charge is 0.494 e. The molecule has 0 aliphatic rings. The van der Waals surface area contributed by atoms with Gasteiger partial charge in [0.05, 0.1) is 6.61 Å². The van der Waals surface area contributed by atoms with Crippen molar-refractivity contribution in [2.24, 2.45) is 0 Å². The van der Waals surface area contributed by atoms with Gasteiger partial charge in [0.2, 0.25) is 0 Å². The van der Waals surface area contributed by atoms with Crippen LogP contribution in [0.15, 0.2) is 18.2 Å². The molecular weight excluding hydrogens is 208 g/mol. The van der Waals surface area contributed by atoms with Gasteiger partial charge in [-0.3, -0.25) is 0 Å². The lowest BCUT2D eigenvalue weighted by molar-refractivity contribution is 0.317. The smallest absolute Gasteiger partial charge is 0.119 e. The zero-order valence-electron chi connectivity index (χ0n) is 11.3. The molecule has 0 heterocycles. The molecule has 1 atom stereocenters. The molecule has 1 unspecified atom stereocenters. The highest BCUT2D eigenvalue weighted by molar-refractivity contribution is 5.37. The van der Waals surface area contributed by atoms with E-state index in [1.54, 1.807) is 0 Å². The second kappa shape index (κ2) is 7.01. The molecule has 0 saturated carbocycles. The minimum Gasteiger partial charge on any atom is -0.494 e. The average Bonchev–Trinajstić information content (AvgIpc) is 2.33. The summed E-state index contributed by atoms with van der Waals surface area (Å²) in [6.07, 6.45) is 1.97. The molecule has 0 amide bonds. The maximum Gasteiger partial charge on any atom is 0.119 e. The number of ether oxygens (including phenoxy) is 1. The number of hydrogen-bond donors (Lipinski definition) is 0. The van der Waals surface area contributed by atoms with Crippen molar-refractivity contribution in [2.75, 3.05) is 6.61 Å². The molecule has 1 aromatic carbocycles. The van der Waals surface area contributed by atoms with E-state index in [1.165, 1.54) is 11.1 Å². The number of rotatable bonds is 5. The summed E-state index contributed by atoms with van der Waals surface area (Å²) in [5.74, 6) is 7.56. The van der Waals surface area contributed by atoms with Gasteiger partial charge in [-0.25, -0.2) is 0 Å². The van der Waals surface area contributed by atoms with Crippen molar-refractivity contribution in [3.8, 4) is 17.6 Å². The molecule has 17 heavy (non-hydrogen) atoms. The summed E-state index contributed by atoms with van der Waals surface area (Å²) in [5, 5.41) is 0. The minimum atomic E-state index is 0.489. The fraction of sp³-hybridized carbons (Fsp3) is 0.500. The third-order valence-electron chi connectivity index (χ3n) is 2.83. The molecule has 0 bridgehead atoms. The number of benzene rings is 1. The summed E-state index contributed by atoms with van der Waals surface area (Å²) < 4.78 is 5.62. The summed E-state index contributed by atoms with van der Waals surface area (Å²) in [5.41, 5.74) is 2.67. The predicted molar refractivity (Wildman–Crippen MR) is 73.4 cm³/mol. The highest BCUT2D eigenvalue weighted by atomic mass is 16.5. The van der Waals surface area contributed by atoms with E-state index in [2.05, 4.69) is 50.8 Å². The second-order valence-corrected chi connectivity index (χ2v) is 4.40. The van der Waals surface area contributed by atoms with Gasteiger partial charge in [-0.1, -0.05) is 19.9 Å². The van der Waals surface area contributed by atoms with E-state index >= 15 is 0 Å². The highest BCUT2D eigenvalue weighted by Crippen LogP contribution is 2.25. The highest BCUT2D eigenvalue weighted by Gasteiger charge is 2.08. The van der Waals surface area contributed by atoms with Crippen molar-refractivity contribution in [1.82, 2.24) is 0 Å². The lowest BCUT2D eigenvalue weighted by atomic mass is 9.94. The van der Waals surface area contributed by atoms with Crippen molar-refractivity contribution >= 4 is 0 Å². The van der Waals surface area contributed by atoms with Gasteiger partial charge in [0.1, 0.15) is 5.75 Å². The van der Waals surface area contributed by atoms with Crippen molar-refractivity contribution < 1.29 is 4.74 Å². The van der Waals surface area contributed by atoms with Crippen LogP contribution in [-0.4, -0.2) is 6.61 Å². The maximum atomic E-state index is 5.62. The van der Waals surface area contributed by atoms with Crippen LogP contribution in [0, 0.1) is 18.8 Å².